The average molecular weight is 325 g/mol. The Balaban J connectivity index is 4.95. The fourth-order valence-corrected chi connectivity index (χ4v) is 4.06. The molecule has 0 aromatic heterocycles. The smallest absolute Gasteiger partial charge is 0.393 e. The fraction of sp³-hybridized carbons (Fsp3) is 1.00. The van der Waals surface area contributed by atoms with Gasteiger partial charge in [0.05, 0.1) is 17.8 Å². The van der Waals surface area contributed by atoms with Gasteiger partial charge >= 0.3 is 7.82 Å². The molecule has 0 aliphatic carbocycles. The van der Waals surface area contributed by atoms with E-state index in [9.17, 15) is 14.6 Å². The van der Waals surface area contributed by atoms with E-state index in [1.54, 1.807) is 41.7 Å². The van der Waals surface area contributed by atoms with Crippen LogP contribution in [0, 0.1) is 5.41 Å². The van der Waals surface area contributed by atoms with E-state index in [0.29, 0.717) is 6.42 Å². The Morgan fingerprint density at radius 1 is 1.19 bits per heavy atom. The summed E-state index contributed by atoms with van der Waals surface area (Å²) in [6, 6.07) is -0.212. The van der Waals surface area contributed by atoms with Gasteiger partial charge in [0.1, 0.15) is 0 Å². The van der Waals surface area contributed by atoms with E-state index >= 15 is 0 Å². The Hall–Kier alpha value is 0.0300. The fourth-order valence-electron chi connectivity index (χ4n) is 2.79. The molecule has 0 saturated heterocycles. The number of hydrogen-bond acceptors (Lipinski definition) is 5. The summed E-state index contributed by atoms with van der Waals surface area (Å²) in [5, 5.41) is 12.7. The van der Waals surface area contributed by atoms with Crippen molar-refractivity contribution in [2.24, 2.45) is 5.41 Å². The zero-order valence-electron chi connectivity index (χ0n) is 14.5. The Morgan fingerprint density at radius 3 is 2.00 bits per heavy atom. The summed E-state index contributed by atoms with van der Waals surface area (Å²) in [6.07, 6.45) is -0.473. The molecule has 0 aliphatic rings. The molecular formula is C14H32NO5P. The van der Waals surface area contributed by atoms with Crippen LogP contribution in [0.3, 0.4) is 0 Å². The summed E-state index contributed by atoms with van der Waals surface area (Å²) in [7, 11) is -2.38. The first-order chi connectivity index (χ1) is 9.20. The molecule has 0 radical (unpaired) electrons. The predicted molar refractivity (Wildman–Crippen MR) is 84.1 cm³/mol. The maximum atomic E-state index is 12.0. The second-order valence-corrected chi connectivity index (χ2v) is 8.62. The minimum absolute atomic E-state index is 0.212. The predicted octanol–water partition coefficient (Wildman–Crippen LogP) is 2.69. The van der Waals surface area contributed by atoms with Gasteiger partial charge in [-0.2, -0.15) is 0 Å². The van der Waals surface area contributed by atoms with Crippen molar-refractivity contribution >= 4 is 7.82 Å². The van der Waals surface area contributed by atoms with Crippen LogP contribution < -0.4 is 5.32 Å². The quantitative estimate of drug-likeness (QED) is 0.595. The second kappa shape index (κ2) is 7.53. The summed E-state index contributed by atoms with van der Waals surface area (Å²) >= 11 is 0. The second-order valence-electron chi connectivity index (χ2n) is 7.29. The minimum atomic E-state index is -4.14. The monoisotopic (exact) mass is 325 g/mol. The van der Waals surface area contributed by atoms with Crippen molar-refractivity contribution in [1.82, 2.24) is 5.32 Å². The number of aliphatic hydroxyl groups excluding tert-OH is 1. The number of phosphoric ester groups is 1. The highest BCUT2D eigenvalue weighted by Gasteiger charge is 2.39. The number of phosphoric acid groups is 1. The van der Waals surface area contributed by atoms with Crippen LogP contribution in [0.5, 0.6) is 0 Å². The van der Waals surface area contributed by atoms with Gasteiger partial charge in [0.15, 0.2) is 0 Å². The molecule has 0 saturated carbocycles. The van der Waals surface area contributed by atoms with E-state index < -0.39 is 25.6 Å². The SMILES string of the molecule is CNC(C(C)OP(=O)(O)OC(C)(C)C)C(C)(C)CC(C)O. The molecule has 0 heterocycles. The molecule has 0 aromatic rings. The first-order valence-corrected chi connectivity index (χ1v) is 8.77. The molecule has 0 amide bonds. The highest BCUT2D eigenvalue weighted by molar-refractivity contribution is 7.47. The third kappa shape index (κ3) is 8.29. The standard InChI is InChI=1S/C14H32NO5P/c1-10(16)9-14(6,7)12(15-8)11(2)19-21(17,18)20-13(3,4)5/h10-12,15-16H,9H2,1-8H3,(H,17,18). The maximum Gasteiger partial charge on any atom is 0.473 e. The molecule has 4 unspecified atom stereocenters. The molecular weight excluding hydrogens is 293 g/mol. The molecule has 3 N–H and O–H groups in total. The molecule has 128 valence electrons. The van der Waals surface area contributed by atoms with Crippen molar-refractivity contribution < 1.29 is 23.6 Å². The Labute approximate surface area is 128 Å². The first kappa shape index (κ1) is 21.0. The average Bonchev–Trinajstić information content (AvgIpc) is 2.08. The molecule has 0 rings (SSSR count). The molecule has 0 aromatic carbocycles. The Kier molecular flexibility index (Phi) is 7.54. The molecule has 0 spiro atoms. The maximum absolute atomic E-state index is 12.0. The van der Waals surface area contributed by atoms with Gasteiger partial charge in [-0.15, -0.1) is 0 Å². The van der Waals surface area contributed by atoms with Crippen molar-refractivity contribution in [2.45, 2.75) is 78.7 Å². The molecule has 0 bridgehead atoms. The first-order valence-electron chi connectivity index (χ1n) is 7.27. The van der Waals surface area contributed by atoms with Gasteiger partial charge in [0.2, 0.25) is 0 Å². The number of nitrogens with one attached hydrogen (secondary N) is 1. The lowest BCUT2D eigenvalue weighted by molar-refractivity contribution is 0.0112. The molecule has 0 aliphatic heterocycles. The van der Waals surface area contributed by atoms with E-state index in [2.05, 4.69) is 5.32 Å². The summed E-state index contributed by atoms with van der Waals surface area (Å²) in [4.78, 5) is 9.85. The highest BCUT2D eigenvalue weighted by Crippen LogP contribution is 2.49. The van der Waals surface area contributed by atoms with Crippen LogP contribution in [0.2, 0.25) is 0 Å². The van der Waals surface area contributed by atoms with Crippen molar-refractivity contribution in [2.75, 3.05) is 7.05 Å². The number of likely N-dealkylation sites (N-methyl/N-ethyl adjacent to an activating group) is 1. The van der Waals surface area contributed by atoms with E-state index in [1.807, 2.05) is 13.8 Å². The van der Waals surface area contributed by atoms with E-state index in [0.717, 1.165) is 0 Å². The molecule has 4 atom stereocenters. The lowest BCUT2D eigenvalue weighted by atomic mass is 9.77. The van der Waals surface area contributed by atoms with Crippen LogP contribution in [-0.4, -0.2) is 40.9 Å². The lowest BCUT2D eigenvalue weighted by Crippen LogP contribution is -2.49. The van der Waals surface area contributed by atoms with Gasteiger partial charge in [-0.1, -0.05) is 13.8 Å². The van der Waals surface area contributed by atoms with Gasteiger partial charge in [-0.05, 0) is 53.5 Å². The molecule has 21 heavy (non-hydrogen) atoms. The highest BCUT2D eigenvalue weighted by atomic mass is 31.2. The number of hydrogen-bond donors (Lipinski definition) is 3. The zero-order chi connectivity index (χ0) is 17.1. The van der Waals surface area contributed by atoms with Crippen LogP contribution in [0.4, 0.5) is 0 Å². The molecule has 7 heteroatoms. The van der Waals surface area contributed by atoms with E-state index in [1.165, 1.54) is 0 Å². The van der Waals surface area contributed by atoms with Gasteiger partial charge < -0.3 is 15.3 Å². The third-order valence-electron chi connectivity index (χ3n) is 3.13. The van der Waals surface area contributed by atoms with Gasteiger partial charge in [-0.3, -0.25) is 9.05 Å². The molecule has 0 fully saturated rings. The normalized spacial score (nSPS) is 20.7. The summed E-state index contributed by atoms with van der Waals surface area (Å²) in [5.74, 6) is 0. The lowest BCUT2D eigenvalue weighted by Gasteiger charge is -2.39. The molecule has 6 nitrogen and oxygen atoms in total. The third-order valence-corrected chi connectivity index (χ3v) is 4.51. The number of aliphatic hydroxyl groups is 1. The number of rotatable bonds is 8. The van der Waals surface area contributed by atoms with Crippen molar-refractivity contribution in [3.8, 4) is 0 Å². The van der Waals surface area contributed by atoms with Gasteiger partial charge in [-0.25, -0.2) is 4.57 Å². The van der Waals surface area contributed by atoms with Crippen LogP contribution in [0.15, 0.2) is 0 Å². The van der Waals surface area contributed by atoms with Crippen LogP contribution in [0.1, 0.15) is 54.9 Å². The Bertz CT molecular complexity index is 365. The Morgan fingerprint density at radius 2 is 1.67 bits per heavy atom. The summed E-state index contributed by atoms with van der Waals surface area (Å²) < 4.78 is 22.4. The minimum Gasteiger partial charge on any atom is -0.393 e. The largest absolute Gasteiger partial charge is 0.473 e. The van der Waals surface area contributed by atoms with E-state index in [4.69, 9.17) is 9.05 Å². The van der Waals surface area contributed by atoms with Crippen molar-refractivity contribution in [3.63, 3.8) is 0 Å². The topological polar surface area (TPSA) is 88.0 Å². The van der Waals surface area contributed by atoms with Crippen molar-refractivity contribution in [1.29, 1.82) is 0 Å². The summed E-state index contributed by atoms with van der Waals surface area (Å²) in [6.45, 7) is 12.5. The van der Waals surface area contributed by atoms with Crippen LogP contribution in [0.25, 0.3) is 0 Å². The van der Waals surface area contributed by atoms with E-state index in [-0.39, 0.29) is 11.5 Å². The van der Waals surface area contributed by atoms with Crippen molar-refractivity contribution in [3.05, 3.63) is 0 Å². The van der Waals surface area contributed by atoms with Crippen LogP contribution >= 0.6 is 7.82 Å². The van der Waals surface area contributed by atoms with Crippen LogP contribution in [-0.2, 0) is 13.6 Å². The van der Waals surface area contributed by atoms with Gasteiger partial charge in [0, 0.05) is 6.04 Å². The summed E-state index contributed by atoms with van der Waals surface area (Å²) in [5.41, 5.74) is -1.08. The van der Waals surface area contributed by atoms with Gasteiger partial charge in [0.25, 0.3) is 0 Å². The zero-order valence-corrected chi connectivity index (χ0v) is 15.4.